The zero-order valence-electron chi connectivity index (χ0n) is 17.1. The second kappa shape index (κ2) is 8.07. The third-order valence-electron chi connectivity index (χ3n) is 5.29. The van der Waals surface area contributed by atoms with E-state index in [1.807, 2.05) is 12.1 Å². The Labute approximate surface area is 182 Å². The Hall–Kier alpha value is -3.75. The lowest BCUT2D eigenvalue weighted by molar-refractivity contribution is -0.274. The molecule has 6 nitrogen and oxygen atoms in total. The molecule has 32 heavy (non-hydrogen) atoms. The molecule has 9 heteroatoms. The number of hydrogen-bond acceptors (Lipinski definition) is 5. The van der Waals surface area contributed by atoms with Crippen LogP contribution in [0.15, 0.2) is 60.8 Å². The molecule has 0 radical (unpaired) electrons. The first-order chi connectivity index (χ1) is 15.2. The van der Waals surface area contributed by atoms with Crippen LogP contribution in [0.3, 0.4) is 0 Å². The predicted molar refractivity (Wildman–Crippen MR) is 112 cm³/mol. The molecule has 3 aromatic rings. The molecule has 166 valence electrons. The smallest absolute Gasteiger partial charge is 0.497 e. The Balaban J connectivity index is 1.49. The quantitative estimate of drug-likeness (QED) is 0.579. The number of hydrogen-bond donors (Lipinski definition) is 2. The zero-order valence-corrected chi connectivity index (χ0v) is 17.1. The molecule has 1 aromatic heterocycles. The van der Waals surface area contributed by atoms with Crippen molar-refractivity contribution >= 4 is 11.6 Å². The summed E-state index contributed by atoms with van der Waals surface area (Å²) < 4.78 is 46.1. The van der Waals surface area contributed by atoms with Gasteiger partial charge in [-0.05, 0) is 42.7 Å². The van der Waals surface area contributed by atoms with Gasteiger partial charge in [-0.15, -0.1) is 13.2 Å². The highest BCUT2D eigenvalue weighted by Crippen LogP contribution is 2.46. The molecule has 0 spiro atoms. The van der Waals surface area contributed by atoms with Gasteiger partial charge in [0.1, 0.15) is 11.5 Å². The lowest BCUT2D eigenvalue weighted by Gasteiger charge is -2.19. The molecule has 0 bridgehead atoms. The first-order valence-electron chi connectivity index (χ1n) is 9.78. The summed E-state index contributed by atoms with van der Waals surface area (Å²) >= 11 is 0. The van der Waals surface area contributed by atoms with Crippen LogP contribution in [0.25, 0.3) is 11.3 Å². The number of alkyl halides is 3. The molecule has 1 amide bonds. The molecule has 0 unspecified atom stereocenters. The number of aromatic nitrogens is 1. The van der Waals surface area contributed by atoms with Crippen LogP contribution in [0.4, 0.5) is 18.9 Å². The van der Waals surface area contributed by atoms with Crippen LogP contribution in [-0.2, 0) is 5.54 Å². The number of anilines is 1. The SMILES string of the molecule is COc1ccc(C(=O)NC2(c3ccc(-c4ncc(OC(F)(F)F)cc4N)cc3)CC2)cc1. The van der Waals surface area contributed by atoms with E-state index >= 15 is 0 Å². The van der Waals surface area contributed by atoms with Crippen molar-refractivity contribution in [1.29, 1.82) is 0 Å². The molecule has 1 aliphatic carbocycles. The van der Waals surface area contributed by atoms with Crippen molar-refractivity contribution in [1.82, 2.24) is 10.3 Å². The van der Waals surface area contributed by atoms with Gasteiger partial charge in [-0.3, -0.25) is 9.78 Å². The van der Waals surface area contributed by atoms with Crippen molar-refractivity contribution in [2.75, 3.05) is 12.8 Å². The largest absolute Gasteiger partial charge is 0.573 e. The predicted octanol–water partition coefficient (Wildman–Crippen LogP) is 4.66. The lowest BCUT2D eigenvalue weighted by atomic mass is 10.0. The monoisotopic (exact) mass is 443 g/mol. The third-order valence-corrected chi connectivity index (χ3v) is 5.29. The Bertz CT molecular complexity index is 1130. The van der Waals surface area contributed by atoms with Crippen molar-refractivity contribution in [2.45, 2.75) is 24.7 Å². The summed E-state index contributed by atoms with van der Waals surface area (Å²) in [6.07, 6.45) is -2.23. The molecular formula is C23H20F3N3O3. The summed E-state index contributed by atoms with van der Waals surface area (Å²) in [5, 5.41) is 3.09. The van der Waals surface area contributed by atoms with E-state index in [9.17, 15) is 18.0 Å². The maximum Gasteiger partial charge on any atom is 0.573 e. The van der Waals surface area contributed by atoms with Crippen LogP contribution >= 0.6 is 0 Å². The van der Waals surface area contributed by atoms with Gasteiger partial charge >= 0.3 is 6.36 Å². The average Bonchev–Trinajstić information content (AvgIpc) is 3.53. The molecule has 0 atom stereocenters. The van der Waals surface area contributed by atoms with Crippen molar-refractivity contribution < 1.29 is 27.4 Å². The molecule has 2 aromatic carbocycles. The number of amides is 1. The van der Waals surface area contributed by atoms with Crippen molar-refractivity contribution in [3.8, 4) is 22.8 Å². The van der Waals surface area contributed by atoms with Gasteiger partial charge < -0.3 is 20.5 Å². The number of halogens is 3. The van der Waals surface area contributed by atoms with Gasteiger partial charge in [-0.1, -0.05) is 24.3 Å². The third kappa shape index (κ3) is 4.61. The van der Waals surface area contributed by atoms with Crippen LogP contribution in [0, 0.1) is 0 Å². The van der Waals surface area contributed by atoms with Crippen molar-refractivity contribution in [3.05, 3.63) is 71.9 Å². The number of carbonyl (C=O) groups excluding carboxylic acids is 1. The Morgan fingerprint density at radius 3 is 2.25 bits per heavy atom. The molecule has 0 aliphatic heterocycles. The van der Waals surface area contributed by atoms with Crippen LogP contribution in [0.2, 0.25) is 0 Å². The maximum absolute atomic E-state index is 12.7. The fraction of sp³-hybridized carbons (Fsp3) is 0.217. The fourth-order valence-corrected chi connectivity index (χ4v) is 3.48. The van der Waals surface area contributed by atoms with Crippen LogP contribution in [0.1, 0.15) is 28.8 Å². The number of nitrogen functional groups attached to an aromatic ring is 1. The van der Waals surface area contributed by atoms with E-state index in [4.69, 9.17) is 10.5 Å². The summed E-state index contributed by atoms with van der Waals surface area (Å²) in [5.41, 5.74) is 7.95. The minimum absolute atomic E-state index is 0.0634. The van der Waals surface area contributed by atoms with E-state index in [-0.39, 0.29) is 11.6 Å². The molecule has 1 saturated carbocycles. The normalized spacial score (nSPS) is 14.5. The number of nitrogens with two attached hydrogens (primary N) is 1. The Morgan fingerprint density at radius 1 is 1.06 bits per heavy atom. The van der Waals surface area contributed by atoms with E-state index in [1.165, 1.54) is 0 Å². The maximum atomic E-state index is 12.7. The summed E-state index contributed by atoms with van der Waals surface area (Å²) in [4.78, 5) is 16.7. The van der Waals surface area contributed by atoms with Crippen molar-refractivity contribution in [2.24, 2.45) is 0 Å². The van der Waals surface area contributed by atoms with Crippen LogP contribution < -0.4 is 20.5 Å². The number of pyridine rings is 1. The number of ether oxygens (including phenoxy) is 2. The number of carbonyl (C=O) groups is 1. The molecule has 1 aliphatic rings. The average molecular weight is 443 g/mol. The highest BCUT2D eigenvalue weighted by molar-refractivity contribution is 5.95. The summed E-state index contributed by atoms with van der Waals surface area (Å²) in [6, 6.07) is 15.2. The Morgan fingerprint density at radius 2 is 1.72 bits per heavy atom. The van der Waals surface area contributed by atoms with E-state index in [2.05, 4.69) is 15.0 Å². The highest BCUT2D eigenvalue weighted by atomic mass is 19.4. The zero-order chi connectivity index (χ0) is 22.9. The van der Waals surface area contributed by atoms with Crippen molar-refractivity contribution in [3.63, 3.8) is 0 Å². The summed E-state index contributed by atoms with van der Waals surface area (Å²) in [5.74, 6) is 0.0121. The molecule has 3 N–H and O–H groups in total. The standard InChI is InChI=1S/C23H20F3N3O3/c1-31-17-8-4-15(5-9-17)21(30)29-22(10-11-22)16-6-2-14(3-7-16)20-19(27)12-18(13-28-20)32-23(24,25)26/h2-9,12-13H,10-11,27H2,1H3,(H,29,30). The second-order valence-corrected chi connectivity index (χ2v) is 7.50. The number of methoxy groups -OCH3 is 1. The van der Waals surface area contributed by atoms with Crippen LogP contribution in [-0.4, -0.2) is 24.4 Å². The van der Waals surface area contributed by atoms with E-state index in [0.29, 0.717) is 22.6 Å². The molecule has 4 rings (SSSR count). The van der Waals surface area contributed by atoms with E-state index in [0.717, 1.165) is 30.7 Å². The van der Waals surface area contributed by atoms with Gasteiger partial charge in [-0.25, -0.2) is 0 Å². The minimum Gasteiger partial charge on any atom is -0.497 e. The van der Waals surface area contributed by atoms with Gasteiger partial charge in [0.05, 0.1) is 30.2 Å². The first-order valence-corrected chi connectivity index (χ1v) is 9.78. The number of benzene rings is 2. The van der Waals surface area contributed by atoms with E-state index < -0.39 is 17.7 Å². The molecule has 1 fully saturated rings. The fourth-order valence-electron chi connectivity index (χ4n) is 3.48. The van der Waals surface area contributed by atoms with E-state index in [1.54, 1.807) is 43.5 Å². The van der Waals surface area contributed by atoms with Gasteiger partial charge in [0, 0.05) is 17.2 Å². The highest BCUT2D eigenvalue weighted by Gasteiger charge is 2.45. The second-order valence-electron chi connectivity index (χ2n) is 7.50. The first kappa shape index (κ1) is 21.5. The van der Waals surface area contributed by atoms with Gasteiger partial charge in [0.15, 0.2) is 0 Å². The van der Waals surface area contributed by atoms with Crippen LogP contribution in [0.5, 0.6) is 11.5 Å². The Kier molecular flexibility index (Phi) is 5.41. The molecule has 0 saturated heterocycles. The summed E-state index contributed by atoms with van der Waals surface area (Å²) in [6.45, 7) is 0. The molecule has 1 heterocycles. The molecular weight excluding hydrogens is 423 g/mol. The van der Waals surface area contributed by atoms with Gasteiger partial charge in [0.2, 0.25) is 0 Å². The summed E-state index contributed by atoms with van der Waals surface area (Å²) in [7, 11) is 1.56. The van der Waals surface area contributed by atoms with Gasteiger partial charge in [-0.2, -0.15) is 0 Å². The minimum atomic E-state index is -4.81. The van der Waals surface area contributed by atoms with Gasteiger partial charge in [0.25, 0.3) is 5.91 Å². The lowest BCUT2D eigenvalue weighted by Crippen LogP contribution is -2.34. The number of nitrogens with one attached hydrogen (secondary N) is 1. The number of nitrogens with zero attached hydrogens (tertiary/aromatic N) is 1. The number of rotatable bonds is 6. The topological polar surface area (TPSA) is 86.5 Å².